The van der Waals surface area contributed by atoms with E-state index in [9.17, 15) is 0 Å². The molecule has 3 N–H and O–H groups in total. The normalized spacial score (nSPS) is 9.92. The van der Waals surface area contributed by atoms with Crippen LogP contribution in [0.4, 0.5) is 5.13 Å². The Hall–Kier alpha value is -1.17. The van der Waals surface area contributed by atoms with Crippen molar-refractivity contribution in [3.8, 4) is 0 Å². The maximum absolute atomic E-state index is 7.11. The highest BCUT2D eigenvalue weighted by Crippen LogP contribution is 2.14. The number of hydrogen-bond donors (Lipinski definition) is 2. The van der Waals surface area contributed by atoms with Crippen LogP contribution in [-0.4, -0.2) is 29.1 Å². The minimum atomic E-state index is 0.211. The zero-order valence-electron chi connectivity index (χ0n) is 7.53. The molecule has 0 saturated heterocycles. The molecular weight excluding hydrogens is 186 g/mol. The van der Waals surface area contributed by atoms with Crippen LogP contribution >= 0.6 is 11.3 Å². The highest BCUT2D eigenvalue weighted by molar-refractivity contribution is 7.13. The molecule has 0 unspecified atom stereocenters. The second kappa shape index (κ2) is 4.76. The molecule has 0 fully saturated rings. The molecule has 0 saturated carbocycles. The molecule has 0 radical (unpaired) electrons. The van der Waals surface area contributed by atoms with Gasteiger partial charge in [0.2, 0.25) is 5.13 Å². The zero-order valence-corrected chi connectivity index (χ0v) is 8.34. The number of nitrogens with one attached hydrogen (secondary N) is 1. The van der Waals surface area contributed by atoms with Gasteiger partial charge in [-0.05, 0) is 6.92 Å². The van der Waals surface area contributed by atoms with Crippen molar-refractivity contribution in [2.45, 2.75) is 13.3 Å². The first-order chi connectivity index (χ1) is 6.24. The van der Waals surface area contributed by atoms with E-state index in [2.05, 4.69) is 15.1 Å². The van der Waals surface area contributed by atoms with Crippen LogP contribution < -0.4 is 10.6 Å². The molecule has 0 aromatic carbocycles. The Morgan fingerprint density at radius 2 is 2.54 bits per heavy atom. The minimum absolute atomic E-state index is 0.211. The molecule has 5 nitrogen and oxygen atoms in total. The molecule has 0 amide bonds. The number of aromatic nitrogens is 2. The van der Waals surface area contributed by atoms with Gasteiger partial charge in [-0.3, -0.25) is 5.41 Å². The Morgan fingerprint density at radius 1 is 1.77 bits per heavy atom. The van der Waals surface area contributed by atoms with Crippen molar-refractivity contribution in [2.75, 3.05) is 18.0 Å². The van der Waals surface area contributed by atoms with Crippen LogP contribution in [0.15, 0.2) is 5.51 Å². The van der Waals surface area contributed by atoms with Crippen molar-refractivity contribution in [3.63, 3.8) is 0 Å². The van der Waals surface area contributed by atoms with Crippen LogP contribution in [0.25, 0.3) is 0 Å². The SMILES string of the molecule is CCN(CCC(=N)N)c1nncs1. The quantitative estimate of drug-likeness (QED) is 0.540. The van der Waals surface area contributed by atoms with Gasteiger partial charge in [-0.25, -0.2) is 0 Å². The molecule has 1 heterocycles. The highest BCUT2D eigenvalue weighted by Gasteiger charge is 2.06. The number of amidine groups is 1. The molecule has 1 aromatic rings. The Balaban J connectivity index is 2.49. The van der Waals surface area contributed by atoms with E-state index in [0.717, 1.165) is 18.2 Å². The summed E-state index contributed by atoms with van der Waals surface area (Å²) in [6.45, 7) is 3.64. The van der Waals surface area contributed by atoms with Gasteiger partial charge in [-0.2, -0.15) is 0 Å². The van der Waals surface area contributed by atoms with Gasteiger partial charge in [0.15, 0.2) is 0 Å². The number of nitrogens with two attached hydrogens (primary N) is 1. The maximum atomic E-state index is 7.11. The second-order valence-corrected chi connectivity index (χ2v) is 3.39. The number of nitrogens with zero attached hydrogens (tertiary/aromatic N) is 3. The van der Waals surface area contributed by atoms with E-state index in [1.165, 1.54) is 11.3 Å². The van der Waals surface area contributed by atoms with E-state index < -0.39 is 0 Å². The van der Waals surface area contributed by atoms with Crippen LogP contribution in [-0.2, 0) is 0 Å². The summed E-state index contributed by atoms with van der Waals surface area (Å²) in [6.07, 6.45) is 0.577. The summed E-state index contributed by atoms with van der Waals surface area (Å²) in [5.74, 6) is 0.211. The van der Waals surface area contributed by atoms with Gasteiger partial charge in [-0.1, -0.05) is 11.3 Å². The average molecular weight is 199 g/mol. The van der Waals surface area contributed by atoms with Crippen LogP contribution in [0.3, 0.4) is 0 Å². The van der Waals surface area contributed by atoms with Crippen molar-refractivity contribution in [1.82, 2.24) is 10.2 Å². The molecule has 6 heteroatoms. The average Bonchev–Trinajstić information content (AvgIpc) is 2.58. The molecule has 0 spiro atoms. The Morgan fingerprint density at radius 3 is 3.00 bits per heavy atom. The number of anilines is 1. The fourth-order valence-corrected chi connectivity index (χ4v) is 1.60. The largest absolute Gasteiger partial charge is 0.388 e. The predicted molar refractivity (Wildman–Crippen MR) is 54.3 cm³/mol. The second-order valence-electron chi connectivity index (χ2n) is 2.58. The summed E-state index contributed by atoms with van der Waals surface area (Å²) in [5, 5.41) is 15.7. The van der Waals surface area contributed by atoms with E-state index >= 15 is 0 Å². The minimum Gasteiger partial charge on any atom is -0.388 e. The third kappa shape index (κ3) is 2.98. The summed E-state index contributed by atoms with van der Waals surface area (Å²) in [4.78, 5) is 2.05. The predicted octanol–water partition coefficient (Wildman–Crippen LogP) is 0.690. The van der Waals surface area contributed by atoms with Crippen LogP contribution in [0.2, 0.25) is 0 Å². The third-order valence-corrected chi connectivity index (χ3v) is 2.40. The molecule has 0 aliphatic heterocycles. The van der Waals surface area contributed by atoms with Gasteiger partial charge in [-0.15, -0.1) is 10.2 Å². The highest BCUT2D eigenvalue weighted by atomic mass is 32.1. The molecule has 72 valence electrons. The molecule has 0 atom stereocenters. The lowest BCUT2D eigenvalue weighted by atomic mass is 10.4. The standard InChI is InChI=1S/C7H13N5S/c1-2-12(4-3-6(8)9)7-11-10-5-13-7/h5H,2-4H2,1H3,(H3,8,9). The summed E-state index contributed by atoms with van der Waals surface area (Å²) in [7, 11) is 0. The van der Waals surface area contributed by atoms with Gasteiger partial charge < -0.3 is 10.6 Å². The van der Waals surface area contributed by atoms with E-state index in [4.69, 9.17) is 11.1 Å². The fraction of sp³-hybridized carbons (Fsp3) is 0.571. The zero-order chi connectivity index (χ0) is 9.68. The number of hydrogen-bond acceptors (Lipinski definition) is 5. The first-order valence-electron chi connectivity index (χ1n) is 4.08. The first kappa shape index (κ1) is 9.91. The van der Waals surface area contributed by atoms with E-state index in [1.54, 1.807) is 5.51 Å². The summed E-state index contributed by atoms with van der Waals surface area (Å²) in [6, 6.07) is 0. The van der Waals surface area contributed by atoms with E-state index in [1.807, 2.05) is 6.92 Å². The lowest BCUT2D eigenvalue weighted by molar-refractivity contribution is 0.816. The van der Waals surface area contributed by atoms with Crippen molar-refractivity contribution < 1.29 is 0 Å². The molecule has 13 heavy (non-hydrogen) atoms. The molecule has 0 aliphatic rings. The van der Waals surface area contributed by atoms with Gasteiger partial charge in [0.25, 0.3) is 0 Å². The van der Waals surface area contributed by atoms with Gasteiger partial charge in [0.1, 0.15) is 5.51 Å². The molecule has 0 bridgehead atoms. The van der Waals surface area contributed by atoms with Crippen LogP contribution in [0.5, 0.6) is 0 Å². The monoisotopic (exact) mass is 199 g/mol. The topological polar surface area (TPSA) is 78.9 Å². The molecule has 0 aliphatic carbocycles. The van der Waals surface area contributed by atoms with Crippen LogP contribution in [0, 0.1) is 5.41 Å². The molecular formula is C7H13N5S. The van der Waals surface area contributed by atoms with E-state index in [0.29, 0.717) is 6.42 Å². The van der Waals surface area contributed by atoms with Gasteiger partial charge in [0.05, 0.1) is 5.84 Å². The number of rotatable bonds is 5. The first-order valence-corrected chi connectivity index (χ1v) is 4.96. The van der Waals surface area contributed by atoms with Crippen molar-refractivity contribution in [1.29, 1.82) is 5.41 Å². The van der Waals surface area contributed by atoms with Crippen molar-refractivity contribution >= 4 is 22.3 Å². The molecule has 1 aromatic heterocycles. The van der Waals surface area contributed by atoms with Crippen molar-refractivity contribution in [2.24, 2.45) is 5.73 Å². The van der Waals surface area contributed by atoms with Gasteiger partial charge in [0, 0.05) is 19.5 Å². The van der Waals surface area contributed by atoms with Crippen LogP contribution in [0.1, 0.15) is 13.3 Å². The summed E-state index contributed by atoms with van der Waals surface area (Å²) in [5.41, 5.74) is 6.97. The lowest BCUT2D eigenvalue weighted by Gasteiger charge is -2.18. The molecule has 1 rings (SSSR count). The summed E-state index contributed by atoms with van der Waals surface area (Å²) < 4.78 is 0. The Labute approximate surface area is 81.1 Å². The third-order valence-electron chi connectivity index (χ3n) is 1.65. The Bertz CT molecular complexity index is 258. The maximum Gasteiger partial charge on any atom is 0.208 e. The van der Waals surface area contributed by atoms with Crippen molar-refractivity contribution in [3.05, 3.63) is 5.51 Å². The van der Waals surface area contributed by atoms with E-state index in [-0.39, 0.29) is 5.84 Å². The summed E-state index contributed by atoms with van der Waals surface area (Å²) >= 11 is 1.50. The fourth-order valence-electron chi connectivity index (χ4n) is 0.949. The van der Waals surface area contributed by atoms with Gasteiger partial charge >= 0.3 is 0 Å². The lowest BCUT2D eigenvalue weighted by Crippen LogP contribution is -2.27. The smallest absolute Gasteiger partial charge is 0.208 e. The Kier molecular flexibility index (Phi) is 3.63.